The summed E-state index contributed by atoms with van der Waals surface area (Å²) in [5, 5.41) is 2.86. The molecule has 1 aromatic carbocycles. The molecular formula is C16H24N2O3. The number of nitrogens with one attached hydrogen (secondary N) is 1. The van der Waals surface area contributed by atoms with Crippen molar-refractivity contribution in [2.75, 3.05) is 18.2 Å². The highest BCUT2D eigenvalue weighted by Crippen LogP contribution is 2.26. The van der Waals surface area contributed by atoms with E-state index >= 15 is 0 Å². The maximum Gasteiger partial charge on any atom is 0.253 e. The van der Waals surface area contributed by atoms with E-state index in [-0.39, 0.29) is 12.0 Å². The number of nitrogens with two attached hydrogens (primary N) is 1. The molecule has 21 heavy (non-hydrogen) atoms. The van der Waals surface area contributed by atoms with Crippen molar-refractivity contribution >= 4 is 17.3 Å². The summed E-state index contributed by atoms with van der Waals surface area (Å²) in [6.07, 6.45) is 4.97. The second-order valence-electron chi connectivity index (χ2n) is 5.39. The van der Waals surface area contributed by atoms with Crippen LogP contribution in [0.5, 0.6) is 5.75 Å². The molecule has 1 aliphatic carbocycles. The van der Waals surface area contributed by atoms with Crippen LogP contribution >= 0.6 is 0 Å². The van der Waals surface area contributed by atoms with E-state index in [0.717, 1.165) is 12.8 Å². The molecule has 0 heterocycles. The van der Waals surface area contributed by atoms with Gasteiger partial charge in [-0.3, -0.25) is 4.79 Å². The van der Waals surface area contributed by atoms with Crippen molar-refractivity contribution < 1.29 is 14.3 Å². The standard InChI is InChI=1S/C16H24N2O3/c1-3-14(21-12-6-4-5-7-12)16(19)18-11-8-9-15(20-2)13(17)10-11/h8-10,12,14H,3-7,17H2,1-2H3,(H,18,19). The molecule has 5 nitrogen and oxygen atoms in total. The lowest BCUT2D eigenvalue weighted by molar-refractivity contribution is -0.131. The molecule has 1 saturated carbocycles. The molecule has 0 saturated heterocycles. The Labute approximate surface area is 125 Å². The Morgan fingerprint density at radius 3 is 2.71 bits per heavy atom. The Morgan fingerprint density at radius 1 is 1.43 bits per heavy atom. The molecule has 116 valence electrons. The average Bonchev–Trinajstić information content (AvgIpc) is 2.98. The summed E-state index contributed by atoms with van der Waals surface area (Å²) in [5.41, 5.74) is 7.00. The number of ether oxygens (including phenoxy) is 2. The van der Waals surface area contributed by atoms with Gasteiger partial charge in [0.1, 0.15) is 11.9 Å². The lowest BCUT2D eigenvalue weighted by Gasteiger charge is -2.20. The topological polar surface area (TPSA) is 73.6 Å². The highest BCUT2D eigenvalue weighted by atomic mass is 16.5. The van der Waals surface area contributed by atoms with E-state index in [1.807, 2.05) is 6.92 Å². The molecule has 1 amide bonds. The predicted octanol–water partition coefficient (Wildman–Crippen LogP) is 2.95. The minimum absolute atomic E-state index is 0.117. The van der Waals surface area contributed by atoms with E-state index in [0.29, 0.717) is 23.5 Å². The van der Waals surface area contributed by atoms with Gasteiger partial charge in [-0.15, -0.1) is 0 Å². The highest BCUT2D eigenvalue weighted by molar-refractivity contribution is 5.94. The lowest BCUT2D eigenvalue weighted by Crippen LogP contribution is -2.32. The van der Waals surface area contributed by atoms with Gasteiger partial charge < -0.3 is 20.5 Å². The zero-order valence-electron chi connectivity index (χ0n) is 12.7. The minimum Gasteiger partial charge on any atom is -0.495 e. The van der Waals surface area contributed by atoms with Gasteiger partial charge in [0.15, 0.2) is 0 Å². The fraction of sp³-hybridized carbons (Fsp3) is 0.562. The van der Waals surface area contributed by atoms with Crippen LogP contribution in [0.2, 0.25) is 0 Å². The molecule has 5 heteroatoms. The zero-order valence-corrected chi connectivity index (χ0v) is 12.7. The third-order valence-corrected chi connectivity index (χ3v) is 3.82. The molecule has 0 aromatic heterocycles. The number of nitrogen functional groups attached to an aromatic ring is 1. The molecule has 1 aliphatic rings. The van der Waals surface area contributed by atoms with Crippen LogP contribution in [0.15, 0.2) is 18.2 Å². The fourth-order valence-electron chi connectivity index (χ4n) is 2.64. The first-order chi connectivity index (χ1) is 10.1. The Morgan fingerprint density at radius 2 is 2.14 bits per heavy atom. The van der Waals surface area contributed by atoms with Crippen molar-refractivity contribution in [1.29, 1.82) is 0 Å². The number of benzene rings is 1. The van der Waals surface area contributed by atoms with E-state index < -0.39 is 6.10 Å². The number of rotatable bonds is 6. The number of carbonyl (C=O) groups is 1. The van der Waals surface area contributed by atoms with Gasteiger partial charge in [0.2, 0.25) is 0 Å². The van der Waals surface area contributed by atoms with E-state index in [4.69, 9.17) is 15.2 Å². The van der Waals surface area contributed by atoms with Gasteiger partial charge in [0.25, 0.3) is 5.91 Å². The summed E-state index contributed by atoms with van der Waals surface area (Å²) in [6, 6.07) is 5.21. The van der Waals surface area contributed by atoms with Crippen molar-refractivity contribution in [3.8, 4) is 5.75 Å². The van der Waals surface area contributed by atoms with Crippen molar-refractivity contribution in [3.63, 3.8) is 0 Å². The minimum atomic E-state index is -0.406. The zero-order chi connectivity index (χ0) is 15.2. The molecular weight excluding hydrogens is 268 g/mol. The predicted molar refractivity (Wildman–Crippen MR) is 83.5 cm³/mol. The van der Waals surface area contributed by atoms with Crippen LogP contribution < -0.4 is 15.8 Å². The van der Waals surface area contributed by atoms with Crippen LogP contribution in [0.4, 0.5) is 11.4 Å². The van der Waals surface area contributed by atoms with Crippen LogP contribution in [0.1, 0.15) is 39.0 Å². The van der Waals surface area contributed by atoms with E-state index in [9.17, 15) is 4.79 Å². The second-order valence-corrected chi connectivity index (χ2v) is 5.39. The number of methoxy groups -OCH3 is 1. The number of anilines is 2. The number of carbonyl (C=O) groups excluding carboxylic acids is 1. The van der Waals surface area contributed by atoms with Gasteiger partial charge in [0.05, 0.1) is 18.9 Å². The molecule has 0 radical (unpaired) electrons. The number of hydrogen-bond donors (Lipinski definition) is 2. The summed E-state index contributed by atoms with van der Waals surface area (Å²) in [5.74, 6) is 0.483. The molecule has 0 bridgehead atoms. The molecule has 0 aliphatic heterocycles. The van der Waals surface area contributed by atoms with Crippen LogP contribution in [0, 0.1) is 0 Å². The first kappa shape index (κ1) is 15.6. The summed E-state index contributed by atoms with van der Waals surface area (Å²) in [7, 11) is 1.56. The smallest absolute Gasteiger partial charge is 0.253 e. The lowest BCUT2D eigenvalue weighted by atomic mass is 10.2. The average molecular weight is 292 g/mol. The summed E-state index contributed by atoms with van der Waals surface area (Å²) in [4.78, 5) is 12.3. The van der Waals surface area contributed by atoms with Crippen molar-refractivity contribution in [2.24, 2.45) is 0 Å². The summed E-state index contributed by atoms with van der Waals surface area (Å²) < 4.78 is 11.0. The molecule has 2 rings (SSSR count). The van der Waals surface area contributed by atoms with Crippen LogP contribution in [0.25, 0.3) is 0 Å². The largest absolute Gasteiger partial charge is 0.495 e. The molecule has 3 N–H and O–H groups in total. The van der Waals surface area contributed by atoms with E-state index in [1.165, 1.54) is 12.8 Å². The van der Waals surface area contributed by atoms with Crippen LogP contribution in [0.3, 0.4) is 0 Å². The van der Waals surface area contributed by atoms with Crippen LogP contribution in [-0.2, 0) is 9.53 Å². The molecule has 1 atom stereocenters. The normalized spacial score (nSPS) is 16.7. The van der Waals surface area contributed by atoms with E-state index in [1.54, 1.807) is 25.3 Å². The maximum absolute atomic E-state index is 12.3. The molecule has 1 aromatic rings. The highest BCUT2D eigenvalue weighted by Gasteiger charge is 2.24. The van der Waals surface area contributed by atoms with Crippen molar-refractivity contribution in [2.45, 2.75) is 51.2 Å². The maximum atomic E-state index is 12.3. The fourth-order valence-corrected chi connectivity index (χ4v) is 2.64. The second kappa shape index (κ2) is 7.31. The number of hydrogen-bond acceptors (Lipinski definition) is 4. The number of amides is 1. The van der Waals surface area contributed by atoms with Gasteiger partial charge in [-0.05, 0) is 37.5 Å². The Kier molecular flexibility index (Phi) is 5.44. The van der Waals surface area contributed by atoms with Crippen molar-refractivity contribution in [3.05, 3.63) is 18.2 Å². The Balaban J connectivity index is 1.96. The Hall–Kier alpha value is -1.75. The summed E-state index contributed by atoms with van der Waals surface area (Å²) >= 11 is 0. The van der Waals surface area contributed by atoms with Gasteiger partial charge in [-0.25, -0.2) is 0 Å². The first-order valence-corrected chi connectivity index (χ1v) is 7.54. The van der Waals surface area contributed by atoms with Gasteiger partial charge in [0, 0.05) is 5.69 Å². The van der Waals surface area contributed by atoms with Gasteiger partial charge >= 0.3 is 0 Å². The molecule has 1 fully saturated rings. The monoisotopic (exact) mass is 292 g/mol. The van der Waals surface area contributed by atoms with E-state index in [2.05, 4.69) is 5.32 Å². The van der Waals surface area contributed by atoms with Gasteiger partial charge in [-0.2, -0.15) is 0 Å². The molecule has 0 spiro atoms. The van der Waals surface area contributed by atoms with Crippen LogP contribution in [-0.4, -0.2) is 25.2 Å². The molecule has 1 unspecified atom stereocenters. The quantitative estimate of drug-likeness (QED) is 0.791. The third-order valence-electron chi connectivity index (χ3n) is 3.82. The van der Waals surface area contributed by atoms with Crippen molar-refractivity contribution in [1.82, 2.24) is 0 Å². The summed E-state index contributed by atoms with van der Waals surface area (Å²) in [6.45, 7) is 1.96. The third kappa shape index (κ3) is 4.11. The SMILES string of the molecule is CCC(OC1CCCC1)C(=O)Nc1ccc(OC)c(N)c1. The Bertz CT molecular complexity index is 484. The van der Waals surface area contributed by atoms with Gasteiger partial charge in [-0.1, -0.05) is 19.8 Å². The first-order valence-electron chi connectivity index (χ1n) is 7.54.